The average molecular weight is 306 g/mol. The molecule has 3 nitrogen and oxygen atoms in total. The Bertz CT molecular complexity index is 804. The zero-order valence-electron chi connectivity index (χ0n) is 12.7. The molecule has 0 radical (unpaired) electrons. The lowest BCUT2D eigenvalue weighted by Crippen LogP contribution is -2.27. The third-order valence-electron chi connectivity index (χ3n) is 4.93. The lowest BCUT2D eigenvalue weighted by Gasteiger charge is -2.36. The Morgan fingerprint density at radius 1 is 0.957 bits per heavy atom. The highest BCUT2D eigenvalue weighted by atomic mass is 16.5. The first-order valence-corrected chi connectivity index (χ1v) is 7.70. The van der Waals surface area contributed by atoms with Crippen molar-refractivity contribution in [3.63, 3.8) is 0 Å². The Morgan fingerprint density at radius 2 is 1.65 bits per heavy atom. The Balaban J connectivity index is 1.84. The van der Waals surface area contributed by atoms with Gasteiger partial charge >= 0.3 is 0 Å². The number of allylic oxidation sites excluding steroid dienone is 2. The van der Waals surface area contributed by atoms with Gasteiger partial charge in [0.15, 0.2) is 0 Å². The average Bonchev–Trinajstić information content (AvgIpc) is 2.83. The first kappa shape index (κ1) is 13.9. The van der Waals surface area contributed by atoms with Crippen molar-refractivity contribution in [3.8, 4) is 17.2 Å². The van der Waals surface area contributed by atoms with Crippen LogP contribution < -0.4 is 4.74 Å². The summed E-state index contributed by atoms with van der Waals surface area (Å²) in [6.45, 7) is 8.35. The Morgan fingerprint density at radius 3 is 2.39 bits per heavy atom. The van der Waals surface area contributed by atoms with Crippen molar-refractivity contribution in [2.45, 2.75) is 18.4 Å². The highest BCUT2D eigenvalue weighted by Crippen LogP contribution is 2.57. The molecule has 1 saturated carbocycles. The Hall–Kier alpha value is -2.68. The fraction of sp³-hybridized carbons (Fsp3) is 0.200. The molecule has 0 aromatic heterocycles. The largest absolute Gasteiger partial charge is 0.508 e. The summed E-state index contributed by atoms with van der Waals surface area (Å²) in [5, 5.41) is 19.4. The van der Waals surface area contributed by atoms with Crippen molar-refractivity contribution < 1.29 is 14.9 Å². The van der Waals surface area contributed by atoms with Crippen LogP contribution in [0.1, 0.15) is 29.6 Å². The van der Waals surface area contributed by atoms with E-state index in [2.05, 4.69) is 13.2 Å². The van der Waals surface area contributed by atoms with Gasteiger partial charge in [-0.1, -0.05) is 30.9 Å². The van der Waals surface area contributed by atoms with Crippen molar-refractivity contribution >= 4 is 0 Å². The van der Waals surface area contributed by atoms with Gasteiger partial charge in [0.25, 0.3) is 0 Å². The molecule has 2 aromatic rings. The van der Waals surface area contributed by atoms with Gasteiger partial charge in [0.2, 0.25) is 0 Å². The van der Waals surface area contributed by atoms with Crippen LogP contribution >= 0.6 is 0 Å². The molecule has 0 saturated heterocycles. The topological polar surface area (TPSA) is 49.7 Å². The number of aromatic hydroxyl groups is 2. The van der Waals surface area contributed by atoms with Crippen molar-refractivity contribution in [2.75, 3.05) is 0 Å². The maximum atomic E-state index is 9.84. The number of phenolic OH excluding ortho intramolecular Hbond substituents is 2. The van der Waals surface area contributed by atoms with E-state index in [1.807, 2.05) is 18.2 Å². The van der Waals surface area contributed by atoms with E-state index in [-0.39, 0.29) is 29.4 Å². The molecule has 0 unspecified atom stereocenters. The van der Waals surface area contributed by atoms with E-state index in [4.69, 9.17) is 4.74 Å². The summed E-state index contributed by atoms with van der Waals surface area (Å²) >= 11 is 0. The zero-order valence-corrected chi connectivity index (χ0v) is 12.7. The third kappa shape index (κ3) is 2.12. The second-order valence-electron chi connectivity index (χ2n) is 6.33. The van der Waals surface area contributed by atoms with Gasteiger partial charge in [-0.15, -0.1) is 0 Å². The molecule has 3 heteroatoms. The monoisotopic (exact) mass is 306 g/mol. The van der Waals surface area contributed by atoms with Crippen LogP contribution in [0.15, 0.2) is 66.8 Å². The van der Waals surface area contributed by atoms with E-state index in [1.54, 1.807) is 24.3 Å². The molecule has 0 amide bonds. The van der Waals surface area contributed by atoms with Crippen molar-refractivity contribution in [1.29, 1.82) is 0 Å². The highest BCUT2D eigenvalue weighted by molar-refractivity contribution is 5.54. The number of phenols is 2. The molecular formula is C20H18O3. The summed E-state index contributed by atoms with van der Waals surface area (Å²) in [7, 11) is 0. The third-order valence-corrected chi connectivity index (χ3v) is 4.93. The molecule has 0 spiro atoms. The minimum absolute atomic E-state index is 0.108. The maximum absolute atomic E-state index is 9.84. The minimum Gasteiger partial charge on any atom is -0.508 e. The second-order valence-corrected chi connectivity index (χ2v) is 6.33. The molecule has 2 aromatic carbocycles. The van der Waals surface area contributed by atoms with E-state index in [9.17, 15) is 10.2 Å². The molecule has 0 bridgehead atoms. The molecule has 3 atom stereocenters. The quantitative estimate of drug-likeness (QED) is 0.818. The van der Waals surface area contributed by atoms with Gasteiger partial charge in [-0.2, -0.15) is 0 Å². The standard InChI is InChI=1S/C20H18O3/c1-11-9-17-19(12(11)2)16-10-15(22)7-8-18(16)23-20(17)13-3-5-14(21)6-4-13/h3-8,10,17,19-22H,1-2,9H2/t17-,19-,20-/m0/s1. The minimum atomic E-state index is -0.117. The molecular weight excluding hydrogens is 288 g/mol. The summed E-state index contributed by atoms with van der Waals surface area (Å²) in [5.74, 6) is 1.56. The van der Waals surface area contributed by atoms with E-state index < -0.39 is 0 Å². The predicted molar refractivity (Wildman–Crippen MR) is 88.7 cm³/mol. The zero-order chi connectivity index (χ0) is 16.1. The van der Waals surface area contributed by atoms with Gasteiger partial charge < -0.3 is 14.9 Å². The van der Waals surface area contributed by atoms with Crippen molar-refractivity contribution in [1.82, 2.24) is 0 Å². The van der Waals surface area contributed by atoms with Gasteiger partial charge in [0.05, 0.1) is 0 Å². The fourth-order valence-electron chi connectivity index (χ4n) is 3.80. The smallest absolute Gasteiger partial charge is 0.128 e. The van der Waals surface area contributed by atoms with Crippen molar-refractivity contribution in [2.24, 2.45) is 5.92 Å². The lowest BCUT2D eigenvalue weighted by molar-refractivity contribution is 0.109. The van der Waals surface area contributed by atoms with Gasteiger partial charge in [-0.05, 0) is 47.9 Å². The highest BCUT2D eigenvalue weighted by Gasteiger charge is 2.45. The summed E-state index contributed by atoms with van der Waals surface area (Å²) in [5.41, 5.74) is 4.07. The van der Waals surface area contributed by atoms with Crippen LogP contribution in [0.2, 0.25) is 0 Å². The summed E-state index contributed by atoms with van der Waals surface area (Å²) in [6.07, 6.45) is 0.707. The lowest BCUT2D eigenvalue weighted by atomic mass is 9.79. The van der Waals surface area contributed by atoms with E-state index >= 15 is 0 Å². The van der Waals surface area contributed by atoms with E-state index in [0.29, 0.717) is 0 Å². The first-order valence-electron chi connectivity index (χ1n) is 7.70. The molecule has 1 aliphatic heterocycles. The number of rotatable bonds is 1. The predicted octanol–water partition coefficient (Wildman–Crippen LogP) is 4.45. The molecule has 1 aliphatic carbocycles. The second kappa shape index (κ2) is 4.92. The normalized spacial score (nSPS) is 25.7. The number of ether oxygens (including phenoxy) is 1. The Labute approximate surface area is 135 Å². The summed E-state index contributed by atoms with van der Waals surface area (Å²) in [4.78, 5) is 0. The number of benzene rings is 2. The van der Waals surface area contributed by atoms with Crippen LogP contribution in [0.25, 0.3) is 0 Å². The van der Waals surface area contributed by atoms with Gasteiger partial charge in [-0.25, -0.2) is 0 Å². The van der Waals surface area contributed by atoms with Crippen LogP contribution in [0.3, 0.4) is 0 Å². The molecule has 116 valence electrons. The van der Waals surface area contributed by atoms with E-state index in [1.165, 1.54) is 0 Å². The molecule has 1 fully saturated rings. The number of hydrogen-bond acceptors (Lipinski definition) is 3. The summed E-state index contributed by atoms with van der Waals surface area (Å²) in [6, 6.07) is 12.4. The molecule has 4 rings (SSSR count). The molecule has 2 N–H and O–H groups in total. The fourth-order valence-corrected chi connectivity index (χ4v) is 3.80. The maximum Gasteiger partial charge on any atom is 0.128 e. The van der Waals surface area contributed by atoms with Gasteiger partial charge in [-0.3, -0.25) is 0 Å². The molecule has 23 heavy (non-hydrogen) atoms. The SMILES string of the molecule is C=C1C[C@@H]2[C@H](c3ccc(O)cc3)Oc3ccc(O)cc3[C@@H]2C1=C. The van der Waals surface area contributed by atoms with E-state index in [0.717, 1.165) is 34.4 Å². The van der Waals surface area contributed by atoms with Crippen molar-refractivity contribution in [3.05, 3.63) is 77.9 Å². The van der Waals surface area contributed by atoms with Crippen LogP contribution in [-0.2, 0) is 0 Å². The van der Waals surface area contributed by atoms with Crippen LogP contribution in [0, 0.1) is 5.92 Å². The van der Waals surface area contributed by atoms with Crippen LogP contribution in [0.4, 0.5) is 0 Å². The molecule has 1 heterocycles. The number of fused-ring (bicyclic) bond motifs is 3. The van der Waals surface area contributed by atoms with Gasteiger partial charge in [0.1, 0.15) is 23.4 Å². The molecule has 2 aliphatic rings. The van der Waals surface area contributed by atoms with Crippen LogP contribution in [-0.4, -0.2) is 10.2 Å². The first-order chi connectivity index (χ1) is 11.0. The summed E-state index contributed by atoms with van der Waals surface area (Å²) < 4.78 is 6.25. The number of hydrogen-bond donors (Lipinski definition) is 2. The van der Waals surface area contributed by atoms with Crippen LogP contribution in [0.5, 0.6) is 17.2 Å². The Kier molecular flexibility index (Phi) is 2.98. The van der Waals surface area contributed by atoms with Gasteiger partial charge in [0, 0.05) is 17.4 Å².